The molecule has 1 amide bonds. The Morgan fingerprint density at radius 1 is 1.15 bits per heavy atom. The summed E-state index contributed by atoms with van der Waals surface area (Å²) in [4.78, 5) is 13.3. The van der Waals surface area contributed by atoms with Crippen molar-refractivity contribution in [1.29, 1.82) is 0 Å². The fourth-order valence-electron chi connectivity index (χ4n) is 4.53. The summed E-state index contributed by atoms with van der Waals surface area (Å²) in [6.45, 7) is 0.176. The first-order valence-corrected chi connectivity index (χ1v) is 10.9. The number of halogens is 3. The van der Waals surface area contributed by atoms with E-state index in [0.717, 1.165) is 36.6 Å². The maximum atomic E-state index is 13.3. The van der Waals surface area contributed by atoms with Gasteiger partial charge in [0.05, 0.1) is 0 Å². The summed E-state index contributed by atoms with van der Waals surface area (Å²) in [7, 11) is 0. The molecule has 1 unspecified atom stereocenters. The molecule has 4 rings (SSSR count). The van der Waals surface area contributed by atoms with Crippen LogP contribution in [-0.2, 0) is 6.54 Å². The zero-order valence-electron chi connectivity index (χ0n) is 17.9. The molecular formula is C24H26F3N3O3. The molecule has 2 atom stereocenters. The fraction of sp³-hybridized carbons (Fsp3) is 0.375. The van der Waals surface area contributed by atoms with Crippen LogP contribution in [0.1, 0.15) is 41.7 Å². The number of carbonyl (C=O) groups is 1. The Balaban J connectivity index is 1.66. The average Bonchev–Trinajstić information content (AvgIpc) is 3.10. The van der Waals surface area contributed by atoms with Crippen molar-refractivity contribution in [3.8, 4) is 5.75 Å². The van der Waals surface area contributed by atoms with Crippen molar-refractivity contribution in [1.82, 2.24) is 9.88 Å². The number of hydrogen-bond acceptors (Lipinski definition) is 4. The lowest BCUT2D eigenvalue weighted by Gasteiger charge is -2.31. The third-order valence-electron chi connectivity index (χ3n) is 6.09. The number of nitrogens with one attached hydrogen (secondary N) is 1. The van der Waals surface area contributed by atoms with Crippen LogP contribution in [-0.4, -0.2) is 34.6 Å². The van der Waals surface area contributed by atoms with Gasteiger partial charge in [0, 0.05) is 41.7 Å². The van der Waals surface area contributed by atoms with Gasteiger partial charge >= 0.3 is 6.36 Å². The van der Waals surface area contributed by atoms with Crippen molar-refractivity contribution in [2.24, 2.45) is 5.92 Å². The van der Waals surface area contributed by atoms with Gasteiger partial charge in [-0.25, -0.2) is 0 Å². The normalized spacial score (nSPS) is 18.9. The van der Waals surface area contributed by atoms with E-state index in [9.17, 15) is 23.1 Å². The molecule has 3 aromatic rings. The van der Waals surface area contributed by atoms with Crippen LogP contribution in [0.4, 0.5) is 18.9 Å². The average molecular weight is 461 g/mol. The molecule has 1 saturated carbocycles. The van der Waals surface area contributed by atoms with Crippen LogP contribution in [0.2, 0.25) is 0 Å². The van der Waals surface area contributed by atoms with Gasteiger partial charge in [-0.15, -0.1) is 13.2 Å². The number of aliphatic hydroxyl groups excluding tert-OH is 1. The summed E-state index contributed by atoms with van der Waals surface area (Å²) in [5, 5.41) is 13.5. The fourth-order valence-corrected chi connectivity index (χ4v) is 4.53. The van der Waals surface area contributed by atoms with Crippen molar-refractivity contribution < 1.29 is 27.8 Å². The molecule has 0 spiro atoms. The first-order valence-electron chi connectivity index (χ1n) is 10.9. The number of ether oxygens (including phenoxy) is 1. The Labute approximate surface area is 189 Å². The van der Waals surface area contributed by atoms with Gasteiger partial charge in [0.25, 0.3) is 5.91 Å². The third-order valence-corrected chi connectivity index (χ3v) is 6.09. The molecule has 176 valence electrons. The number of nitrogen functional groups attached to an aromatic ring is 1. The number of anilines is 1. The summed E-state index contributed by atoms with van der Waals surface area (Å²) >= 11 is 0. The minimum absolute atomic E-state index is 0.00683. The number of fused-ring (bicyclic) bond motifs is 1. The Morgan fingerprint density at radius 3 is 2.70 bits per heavy atom. The zero-order valence-corrected chi connectivity index (χ0v) is 17.9. The van der Waals surface area contributed by atoms with Crippen LogP contribution in [0, 0.1) is 5.92 Å². The molecule has 6 nitrogen and oxygen atoms in total. The lowest BCUT2D eigenvalue weighted by molar-refractivity contribution is -0.274. The molecule has 1 heterocycles. The maximum absolute atomic E-state index is 13.3. The van der Waals surface area contributed by atoms with E-state index in [1.807, 2.05) is 0 Å². The first-order chi connectivity index (χ1) is 15.7. The molecule has 4 N–H and O–H groups in total. The van der Waals surface area contributed by atoms with Gasteiger partial charge in [-0.05, 0) is 54.8 Å². The number of benzene rings is 2. The summed E-state index contributed by atoms with van der Waals surface area (Å²) in [6, 6.07) is 12.6. The van der Waals surface area contributed by atoms with E-state index in [0.29, 0.717) is 16.9 Å². The van der Waals surface area contributed by atoms with Crippen molar-refractivity contribution in [2.45, 2.75) is 44.6 Å². The zero-order chi connectivity index (χ0) is 23.6. The number of alkyl halides is 3. The van der Waals surface area contributed by atoms with Crippen molar-refractivity contribution in [3.05, 3.63) is 59.8 Å². The Hall–Kier alpha value is -3.20. The van der Waals surface area contributed by atoms with Gasteiger partial charge in [-0.1, -0.05) is 25.0 Å². The van der Waals surface area contributed by atoms with E-state index < -0.39 is 6.36 Å². The van der Waals surface area contributed by atoms with Crippen LogP contribution < -0.4 is 15.8 Å². The number of amides is 1. The van der Waals surface area contributed by atoms with E-state index in [-0.39, 0.29) is 36.8 Å². The molecule has 1 fully saturated rings. The van der Waals surface area contributed by atoms with E-state index in [1.165, 1.54) is 18.2 Å². The number of carbonyl (C=O) groups excluding carboxylic acids is 1. The second-order valence-corrected chi connectivity index (χ2v) is 8.44. The highest BCUT2D eigenvalue weighted by molar-refractivity contribution is 5.99. The highest BCUT2D eigenvalue weighted by atomic mass is 19.4. The lowest BCUT2D eigenvalue weighted by Crippen LogP contribution is -2.44. The van der Waals surface area contributed by atoms with Gasteiger partial charge in [0.2, 0.25) is 0 Å². The second-order valence-electron chi connectivity index (χ2n) is 8.44. The number of aromatic nitrogens is 1. The van der Waals surface area contributed by atoms with Crippen molar-refractivity contribution in [2.75, 3.05) is 12.3 Å². The maximum Gasteiger partial charge on any atom is 0.573 e. The predicted molar refractivity (Wildman–Crippen MR) is 119 cm³/mol. The van der Waals surface area contributed by atoms with Gasteiger partial charge in [0.15, 0.2) is 0 Å². The number of hydrogen-bond donors (Lipinski definition) is 3. The summed E-state index contributed by atoms with van der Waals surface area (Å²) in [5.74, 6) is -0.607. The second kappa shape index (κ2) is 9.35. The molecule has 0 saturated heterocycles. The van der Waals surface area contributed by atoms with Crippen LogP contribution >= 0.6 is 0 Å². The van der Waals surface area contributed by atoms with Crippen LogP contribution in [0.5, 0.6) is 5.75 Å². The number of aliphatic hydroxyl groups is 1. The molecule has 33 heavy (non-hydrogen) atoms. The molecule has 1 aliphatic carbocycles. The molecule has 9 heteroatoms. The molecule has 2 aromatic carbocycles. The summed E-state index contributed by atoms with van der Waals surface area (Å²) < 4.78 is 43.7. The minimum Gasteiger partial charge on any atom is -0.406 e. The predicted octanol–water partition coefficient (Wildman–Crippen LogP) is 4.45. The third kappa shape index (κ3) is 5.42. The number of nitrogens with two attached hydrogens (primary N) is 1. The molecule has 0 radical (unpaired) electrons. The van der Waals surface area contributed by atoms with Crippen molar-refractivity contribution in [3.63, 3.8) is 0 Å². The quantitative estimate of drug-likeness (QED) is 0.473. The molecular weight excluding hydrogens is 435 g/mol. The summed E-state index contributed by atoms with van der Waals surface area (Å²) in [5.41, 5.74) is 8.11. The molecule has 1 aliphatic rings. The summed E-state index contributed by atoms with van der Waals surface area (Å²) in [6.07, 6.45) is -1.14. The Morgan fingerprint density at radius 2 is 1.94 bits per heavy atom. The highest BCUT2D eigenvalue weighted by Crippen LogP contribution is 2.28. The Bertz CT molecular complexity index is 1140. The van der Waals surface area contributed by atoms with E-state index in [1.54, 1.807) is 34.9 Å². The van der Waals surface area contributed by atoms with E-state index in [2.05, 4.69) is 10.1 Å². The van der Waals surface area contributed by atoms with Gasteiger partial charge in [-0.2, -0.15) is 0 Å². The minimum atomic E-state index is -4.79. The largest absolute Gasteiger partial charge is 0.573 e. The smallest absolute Gasteiger partial charge is 0.406 e. The van der Waals surface area contributed by atoms with Crippen LogP contribution in [0.25, 0.3) is 10.9 Å². The van der Waals surface area contributed by atoms with Crippen LogP contribution in [0.3, 0.4) is 0 Å². The topological polar surface area (TPSA) is 89.5 Å². The molecule has 0 aliphatic heterocycles. The number of nitrogens with zero attached hydrogens (tertiary/aromatic N) is 1. The number of rotatable bonds is 6. The van der Waals surface area contributed by atoms with Gasteiger partial charge < -0.3 is 25.5 Å². The lowest BCUT2D eigenvalue weighted by atomic mass is 9.85. The monoisotopic (exact) mass is 461 g/mol. The highest BCUT2D eigenvalue weighted by Gasteiger charge is 2.31. The van der Waals surface area contributed by atoms with E-state index in [4.69, 9.17) is 5.73 Å². The van der Waals surface area contributed by atoms with E-state index >= 15 is 0 Å². The van der Waals surface area contributed by atoms with Crippen molar-refractivity contribution >= 4 is 22.5 Å². The molecule has 0 bridgehead atoms. The SMILES string of the molecule is Nc1ccc2c(c1)cc(C(=O)NC1CCCC[C@@H]1CO)n2Cc1cccc(OC(F)(F)F)c1. The molecule has 1 aromatic heterocycles. The Kier molecular flexibility index (Phi) is 6.51. The standard InChI is InChI=1S/C24H26F3N3O3/c25-24(26,27)33-19-6-3-4-15(10-19)13-30-21-9-8-18(28)11-17(21)12-22(30)23(32)29-20-7-2-1-5-16(20)14-31/h3-4,6,8-12,16,20,31H,1-2,5,7,13-14,28H2,(H,29,32)/t16-,20?/m1/s1. The van der Waals surface area contributed by atoms with Gasteiger partial charge in [-0.3, -0.25) is 4.79 Å². The first kappa shape index (κ1) is 23.0. The van der Waals surface area contributed by atoms with Crippen LogP contribution in [0.15, 0.2) is 48.5 Å². The van der Waals surface area contributed by atoms with Gasteiger partial charge in [0.1, 0.15) is 11.4 Å².